The van der Waals surface area contributed by atoms with Gasteiger partial charge in [0.1, 0.15) is 5.84 Å². The molecule has 0 aliphatic carbocycles. The predicted molar refractivity (Wildman–Crippen MR) is 68.0 cm³/mol. The van der Waals surface area contributed by atoms with Gasteiger partial charge in [0.15, 0.2) is 0 Å². The first-order chi connectivity index (χ1) is 8.11. The number of rotatable bonds is 6. The normalized spacial score (nSPS) is 12.1. The lowest BCUT2D eigenvalue weighted by Gasteiger charge is -2.15. The molecule has 0 unspecified atom stereocenters. The fourth-order valence-electron chi connectivity index (χ4n) is 1.62. The van der Waals surface area contributed by atoms with E-state index in [1.807, 2.05) is 32.2 Å². The van der Waals surface area contributed by atoms with Crippen molar-refractivity contribution >= 4 is 5.84 Å². The topological polar surface area (TPSA) is 74.7 Å². The quantitative estimate of drug-likeness (QED) is 0.338. The molecule has 0 amide bonds. The first kappa shape index (κ1) is 13.4. The van der Waals surface area contributed by atoms with Crippen molar-refractivity contribution in [2.75, 3.05) is 13.6 Å². The lowest BCUT2D eigenvalue weighted by molar-refractivity contribution is 0.309. The Balaban J connectivity index is 2.32. The molecule has 1 heterocycles. The Morgan fingerprint density at radius 2 is 2.29 bits per heavy atom. The van der Waals surface area contributed by atoms with E-state index in [2.05, 4.69) is 15.0 Å². The molecule has 0 bridgehead atoms. The average molecular weight is 236 g/mol. The predicted octanol–water partition coefficient (Wildman–Crippen LogP) is 1.35. The first-order valence-corrected chi connectivity index (χ1v) is 5.69. The van der Waals surface area contributed by atoms with Gasteiger partial charge in [0.05, 0.1) is 5.69 Å². The highest BCUT2D eigenvalue weighted by Crippen LogP contribution is 2.03. The lowest BCUT2D eigenvalue weighted by Crippen LogP contribution is -2.21. The van der Waals surface area contributed by atoms with Crippen molar-refractivity contribution in [2.24, 2.45) is 10.9 Å². The Labute approximate surface area is 102 Å². The zero-order chi connectivity index (χ0) is 12.7. The number of aromatic nitrogens is 1. The second kappa shape index (κ2) is 6.85. The summed E-state index contributed by atoms with van der Waals surface area (Å²) in [6.45, 7) is 3.70. The minimum absolute atomic E-state index is 0.284. The van der Waals surface area contributed by atoms with Gasteiger partial charge >= 0.3 is 0 Å². The highest BCUT2D eigenvalue weighted by Gasteiger charge is 2.02. The van der Waals surface area contributed by atoms with E-state index in [4.69, 9.17) is 10.9 Å². The average Bonchev–Trinajstić information content (AvgIpc) is 2.28. The van der Waals surface area contributed by atoms with Crippen LogP contribution in [0.15, 0.2) is 23.4 Å². The molecule has 0 spiro atoms. The molecule has 0 radical (unpaired) electrons. The van der Waals surface area contributed by atoms with E-state index in [1.54, 1.807) is 0 Å². The molecule has 5 heteroatoms. The molecule has 1 aromatic rings. The van der Waals surface area contributed by atoms with E-state index < -0.39 is 0 Å². The van der Waals surface area contributed by atoms with E-state index in [9.17, 15) is 0 Å². The summed E-state index contributed by atoms with van der Waals surface area (Å²) in [5, 5.41) is 11.3. The van der Waals surface area contributed by atoms with Crippen molar-refractivity contribution < 1.29 is 5.21 Å². The lowest BCUT2D eigenvalue weighted by atomic mass is 10.2. The number of aryl methyl sites for hydroxylation is 1. The van der Waals surface area contributed by atoms with Crippen LogP contribution in [0.25, 0.3) is 0 Å². The minimum Gasteiger partial charge on any atom is -0.409 e. The van der Waals surface area contributed by atoms with Crippen molar-refractivity contribution in [2.45, 2.75) is 26.3 Å². The summed E-state index contributed by atoms with van der Waals surface area (Å²) in [6.07, 6.45) is 1.49. The van der Waals surface area contributed by atoms with Gasteiger partial charge in [0.2, 0.25) is 0 Å². The van der Waals surface area contributed by atoms with Crippen LogP contribution in [0.2, 0.25) is 0 Å². The Bertz CT molecular complexity index is 379. The SMILES string of the molecule is Cc1cccc(CN(C)CCCC(N)=NO)n1. The van der Waals surface area contributed by atoms with E-state index in [1.165, 1.54) is 0 Å². The molecule has 94 valence electrons. The van der Waals surface area contributed by atoms with E-state index in [0.717, 1.165) is 30.9 Å². The van der Waals surface area contributed by atoms with E-state index >= 15 is 0 Å². The second-order valence-electron chi connectivity index (χ2n) is 4.20. The van der Waals surface area contributed by atoms with Crippen molar-refractivity contribution in [1.82, 2.24) is 9.88 Å². The van der Waals surface area contributed by atoms with Crippen LogP contribution in [0.1, 0.15) is 24.2 Å². The van der Waals surface area contributed by atoms with Crippen LogP contribution in [0, 0.1) is 6.92 Å². The minimum atomic E-state index is 0.284. The van der Waals surface area contributed by atoms with Crippen LogP contribution in [0.4, 0.5) is 0 Å². The maximum Gasteiger partial charge on any atom is 0.139 e. The molecule has 0 aliphatic heterocycles. The molecule has 0 saturated carbocycles. The van der Waals surface area contributed by atoms with Crippen molar-refractivity contribution in [3.8, 4) is 0 Å². The number of nitrogens with zero attached hydrogens (tertiary/aromatic N) is 3. The summed E-state index contributed by atoms with van der Waals surface area (Å²) in [5.74, 6) is 0.284. The molecule has 0 aromatic carbocycles. The standard InChI is InChI=1S/C12H20N4O/c1-10-5-3-6-11(14-10)9-16(2)8-4-7-12(13)15-17/h3,5-6,17H,4,7-9H2,1-2H3,(H2,13,15). The van der Waals surface area contributed by atoms with Crippen LogP contribution in [-0.4, -0.2) is 34.5 Å². The molecule has 0 fully saturated rings. The summed E-state index contributed by atoms with van der Waals surface area (Å²) < 4.78 is 0. The zero-order valence-corrected chi connectivity index (χ0v) is 10.4. The molecule has 0 aliphatic rings. The molecule has 17 heavy (non-hydrogen) atoms. The number of amidine groups is 1. The van der Waals surface area contributed by atoms with Gasteiger partial charge in [-0.3, -0.25) is 4.98 Å². The van der Waals surface area contributed by atoms with Crippen LogP contribution >= 0.6 is 0 Å². The highest BCUT2D eigenvalue weighted by atomic mass is 16.4. The summed E-state index contributed by atoms with van der Waals surface area (Å²) in [5.41, 5.74) is 7.50. The third-order valence-electron chi connectivity index (χ3n) is 2.48. The van der Waals surface area contributed by atoms with E-state index in [0.29, 0.717) is 6.42 Å². The van der Waals surface area contributed by atoms with Gasteiger partial charge in [-0.25, -0.2) is 0 Å². The number of nitrogens with two attached hydrogens (primary N) is 1. The van der Waals surface area contributed by atoms with Gasteiger partial charge in [0, 0.05) is 18.7 Å². The number of pyridine rings is 1. The van der Waals surface area contributed by atoms with Gasteiger partial charge in [0.25, 0.3) is 0 Å². The molecule has 1 aromatic heterocycles. The number of hydrogen-bond donors (Lipinski definition) is 2. The van der Waals surface area contributed by atoms with Crippen molar-refractivity contribution in [3.05, 3.63) is 29.6 Å². The molecule has 0 saturated heterocycles. The largest absolute Gasteiger partial charge is 0.409 e. The maximum atomic E-state index is 8.41. The third kappa shape index (κ3) is 5.31. The Hall–Kier alpha value is -1.62. The second-order valence-corrected chi connectivity index (χ2v) is 4.20. The van der Waals surface area contributed by atoms with Crippen molar-refractivity contribution in [1.29, 1.82) is 0 Å². The zero-order valence-electron chi connectivity index (χ0n) is 10.4. The number of oxime groups is 1. The molecule has 5 nitrogen and oxygen atoms in total. The van der Waals surface area contributed by atoms with Crippen molar-refractivity contribution in [3.63, 3.8) is 0 Å². The fraction of sp³-hybridized carbons (Fsp3) is 0.500. The molecular weight excluding hydrogens is 216 g/mol. The number of hydrogen-bond acceptors (Lipinski definition) is 4. The molecular formula is C12H20N4O. The molecule has 3 N–H and O–H groups in total. The van der Waals surface area contributed by atoms with Crippen LogP contribution in [-0.2, 0) is 6.54 Å². The van der Waals surface area contributed by atoms with Gasteiger partial charge in [-0.05, 0) is 39.1 Å². The van der Waals surface area contributed by atoms with Gasteiger partial charge in [-0.1, -0.05) is 11.2 Å². The fourth-order valence-corrected chi connectivity index (χ4v) is 1.62. The summed E-state index contributed by atoms with van der Waals surface area (Å²) >= 11 is 0. The molecule has 1 rings (SSSR count). The Morgan fingerprint density at radius 1 is 1.53 bits per heavy atom. The van der Waals surface area contributed by atoms with E-state index in [-0.39, 0.29) is 5.84 Å². The highest BCUT2D eigenvalue weighted by molar-refractivity contribution is 5.79. The van der Waals surface area contributed by atoms with Crippen LogP contribution in [0.5, 0.6) is 0 Å². The summed E-state index contributed by atoms with van der Waals surface area (Å²) in [7, 11) is 2.04. The molecule has 0 atom stereocenters. The summed E-state index contributed by atoms with van der Waals surface area (Å²) in [6, 6.07) is 6.02. The Morgan fingerprint density at radius 3 is 2.94 bits per heavy atom. The van der Waals surface area contributed by atoms with Crippen LogP contribution < -0.4 is 5.73 Å². The Kier molecular flexibility index (Phi) is 5.42. The van der Waals surface area contributed by atoms with Gasteiger partial charge < -0.3 is 15.8 Å². The van der Waals surface area contributed by atoms with Gasteiger partial charge in [-0.15, -0.1) is 0 Å². The monoisotopic (exact) mass is 236 g/mol. The third-order valence-corrected chi connectivity index (χ3v) is 2.48. The van der Waals surface area contributed by atoms with Crippen LogP contribution in [0.3, 0.4) is 0 Å². The van der Waals surface area contributed by atoms with Gasteiger partial charge in [-0.2, -0.15) is 0 Å². The smallest absolute Gasteiger partial charge is 0.139 e. The summed E-state index contributed by atoms with van der Waals surface area (Å²) in [4.78, 5) is 6.62. The first-order valence-electron chi connectivity index (χ1n) is 5.69. The maximum absolute atomic E-state index is 8.41.